The van der Waals surface area contributed by atoms with Crippen LogP contribution in [0.1, 0.15) is 41.7 Å². The van der Waals surface area contributed by atoms with Crippen LogP contribution in [-0.4, -0.2) is 51.9 Å². The SMILES string of the molecule is O=C(NC1CC2COCC(C1)N2Cc1ccccc1)c1nn(CC2CC2)c2ccccc12. The lowest BCUT2D eigenvalue weighted by Crippen LogP contribution is -2.60. The Morgan fingerprint density at radius 3 is 2.47 bits per heavy atom. The Morgan fingerprint density at radius 1 is 1.00 bits per heavy atom. The highest BCUT2D eigenvalue weighted by molar-refractivity contribution is 6.05. The van der Waals surface area contributed by atoms with Crippen molar-refractivity contribution >= 4 is 16.8 Å². The van der Waals surface area contributed by atoms with Crippen LogP contribution in [-0.2, 0) is 17.8 Å². The highest BCUT2D eigenvalue weighted by Gasteiger charge is 2.39. The molecule has 2 atom stereocenters. The molecule has 2 aliphatic heterocycles. The van der Waals surface area contributed by atoms with Crippen molar-refractivity contribution in [2.24, 2.45) is 5.92 Å². The summed E-state index contributed by atoms with van der Waals surface area (Å²) < 4.78 is 7.91. The zero-order chi connectivity index (χ0) is 21.5. The van der Waals surface area contributed by atoms with Crippen LogP contribution in [0.3, 0.4) is 0 Å². The molecule has 3 aliphatic rings. The molecule has 6 heteroatoms. The molecule has 6 rings (SSSR count). The van der Waals surface area contributed by atoms with Gasteiger partial charge < -0.3 is 10.1 Å². The first-order chi connectivity index (χ1) is 15.7. The van der Waals surface area contributed by atoms with E-state index in [0.717, 1.165) is 50.0 Å². The van der Waals surface area contributed by atoms with Gasteiger partial charge in [0.2, 0.25) is 0 Å². The molecule has 32 heavy (non-hydrogen) atoms. The Morgan fingerprint density at radius 2 is 1.72 bits per heavy atom. The van der Waals surface area contributed by atoms with E-state index in [1.807, 2.05) is 22.9 Å². The molecular weight excluding hydrogens is 400 g/mol. The van der Waals surface area contributed by atoms with Crippen molar-refractivity contribution in [2.75, 3.05) is 13.2 Å². The van der Waals surface area contributed by atoms with Gasteiger partial charge in [-0.25, -0.2) is 0 Å². The second-order valence-electron chi connectivity index (χ2n) is 9.64. The number of benzene rings is 2. The third-order valence-electron chi connectivity index (χ3n) is 7.22. The van der Waals surface area contributed by atoms with E-state index < -0.39 is 0 Å². The third-order valence-corrected chi connectivity index (χ3v) is 7.22. The van der Waals surface area contributed by atoms with Crippen molar-refractivity contribution in [3.63, 3.8) is 0 Å². The summed E-state index contributed by atoms with van der Waals surface area (Å²) in [5.74, 6) is 0.666. The summed E-state index contributed by atoms with van der Waals surface area (Å²) in [4.78, 5) is 15.9. The fourth-order valence-corrected chi connectivity index (χ4v) is 5.39. The van der Waals surface area contributed by atoms with E-state index >= 15 is 0 Å². The summed E-state index contributed by atoms with van der Waals surface area (Å²) in [6, 6.07) is 19.6. The molecule has 166 valence electrons. The van der Waals surface area contributed by atoms with Crippen LogP contribution in [0.15, 0.2) is 54.6 Å². The lowest BCUT2D eigenvalue weighted by atomic mass is 9.89. The molecule has 2 unspecified atom stereocenters. The van der Waals surface area contributed by atoms with Crippen molar-refractivity contribution in [1.82, 2.24) is 20.0 Å². The molecule has 2 saturated heterocycles. The van der Waals surface area contributed by atoms with Gasteiger partial charge in [0, 0.05) is 36.6 Å². The number of hydrogen-bond acceptors (Lipinski definition) is 4. The molecule has 2 aromatic carbocycles. The Kier molecular flexibility index (Phi) is 5.20. The van der Waals surface area contributed by atoms with Crippen molar-refractivity contribution in [3.05, 3.63) is 65.9 Å². The highest BCUT2D eigenvalue weighted by atomic mass is 16.5. The predicted molar refractivity (Wildman–Crippen MR) is 123 cm³/mol. The van der Waals surface area contributed by atoms with Gasteiger partial charge in [-0.3, -0.25) is 14.4 Å². The van der Waals surface area contributed by atoms with E-state index in [2.05, 4.69) is 46.6 Å². The van der Waals surface area contributed by atoms with Crippen molar-refractivity contribution in [3.8, 4) is 0 Å². The van der Waals surface area contributed by atoms with Gasteiger partial charge in [-0.1, -0.05) is 48.5 Å². The van der Waals surface area contributed by atoms with Gasteiger partial charge in [-0.2, -0.15) is 5.10 Å². The quantitative estimate of drug-likeness (QED) is 0.649. The predicted octanol–water partition coefficient (Wildman–Crippen LogP) is 3.61. The lowest BCUT2D eigenvalue weighted by Gasteiger charge is -2.48. The summed E-state index contributed by atoms with van der Waals surface area (Å²) >= 11 is 0. The van der Waals surface area contributed by atoms with Gasteiger partial charge in [0.25, 0.3) is 5.91 Å². The molecule has 2 bridgehead atoms. The average molecular weight is 431 g/mol. The first-order valence-corrected chi connectivity index (χ1v) is 11.9. The number of fused-ring (bicyclic) bond motifs is 3. The van der Waals surface area contributed by atoms with Crippen molar-refractivity contribution in [1.29, 1.82) is 0 Å². The van der Waals surface area contributed by atoms with Crippen LogP contribution >= 0.6 is 0 Å². The monoisotopic (exact) mass is 430 g/mol. The van der Waals surface area contributed by atoms with Crippen LogP contribution < -0.4 is 5.32 Å². The van der Waals surface area contributed by atoms with E-state index in [1.165, 1.54) is 18.4 Å². The summed E-state index contributed by atoms with van der Waals surface area (Å²) in [6.07, 6.45) is 4.36. The van der Waals surface area contributed by atoms with Crippen molar-refractivity contribution in [2.45, 2.75) is 56.9 Å². The van der Waals surface area contributed by atoms with Crippen LogP contribution in [0.5, 0.6) is 0 Å². The lowest BCUT2D eigenvalue weighted by molar-refractivity contribution is -0.0843. The van der Waals surface area contributed by atoms with Gasteiger partial charge in [-0.05, 0) is 43.2 Å². The topological polar surface area (TPSA) is 59.4 Å². The molecule has 6 nitrogen and oxygen atoms in total. The number of amides is 1. The minimum absolute atomic E-state index is 0.0451. The maximum Gasteiger partial charge on any atom is 0.272 e. The van der Waals surface area contributed by atoms with Gasteiger partial charge in [0.05, 0.1) is 18.7 Å². The molecule has 1 N–H and O–H groups in total. The Bertz CT molecular complexity index is 1090. The number of morpholine rings is 1. The Labute approximate surface area is 188 Å². The molecule has 1 amide bonds. The third kappa shape index (κ3) is 3.93. The fraction of sp³-hybridized carbons (Fsp3) is 0.462. The van der Waals surface area contributed by atoms with E-state index in [1.54, 1.807) is 0 Å². The number of carbonyl (C=O) groups is 1. The van der Waals surface area contributed by atoms with Crippen LogP contribution in [0.4, 0.5) is 0 Å². The first-order valence-electron chi connectivity index (χ1n) is 11.9. The van der Waals surface area contributed by atoms with Gasteiger partial charge in [0.1, 0.15) is 0 Å². The molecule has 1 aromatic heterocycles. The summed E-state index contributed by atoms with van der Waals surface area (Å²) in [7, 11) is 0. The van der Waals surface area contributed by atoms with E-state index in [-0.39, 0.29) is 11.9 Å². The number of nitrogens with one attached hydrogen (secondary N) is 1. The van der Waals surface area contributed by atoms with Crippen LogP contribution in [0, 0.1) is 5.92 Å². The molecule has 1 saturated carbocycles. The van der Waals surface area contributed by atoms with Gasteiger partial charge >= 0.3 is 0 Å². The molecule has 3 aromatic rings. The zero-order valence-corrected chi connectivity index (χ0v) is 18.3. The van der Waals surface area contributed by atoms with Gasteiger partial charge in [-0.15, -0.1) is 0 Å². The van der Waals surface area contributed by atoms with Crippen LogP contribution in [0.25, 0.3) is 10.9 Å². The number of nitrogens with zero attached hydrogens (tertiary/aromatic N) is 3. The largest absolute Gasteiger partial charge is 0.378 e. The van der Waals surface area contributed by atoms with Crippen molar-refractivity contribution < 1.29 is 9.53 Å². The standard InChI is InChI=1S/C26H30N4O2/c31-26(25-23-8-4-5-9-24(23)30(28-25)15-19-10-11-19)27-20-12-21-16-32-17-22(13-20)29(21)14-18-6-2-1-3-7-18/h1-9,19-22H,10-17H2,(H,27,31). The summed E-state index contributed by atoms with van der Waals surface area (Å²) in [5.41, 5.74) is 2.96. The fourth-order valence-electron chi connectivity index (χ4n) is 5.39. The summed E-state index contributed by atoms with van der Waals surface area (Å²) in [6.45, 7) is 3.31. The molecule has 0 spiro atoms. The maximum absolute atomic E-state index is 13.3. The minimum Gasteiger partial charge on any atom is -0.378 e. The second kappa shape index (κ2) is 8.34. The first kappa shape index (κ1) is 19.9. The number of ether oxygens (including phenoxy) is 1. The normalized spacial score (nSPS) is 25.7. The maximum atomic E-state index is 13.3. The molecule has 0 radical (unpaired) electrons. The number of hydrogen-bond donors (Lipinski definition) is 1. The number of carbonyl (C=O) groups excluding carboxylic acids is 1. The minimum atomic E-state index is -0.0451. The van der Waals surface area contributed by atoms with E-state index in [0.29, 0.717) is 23.7 Å². The smallest absolute Gasteiger partial charge is 0.272 e. The highest BCUT2D eigenvalue weighted by Crippen LogP contribution is 2.33. The average Bonchev–Trinajstić information content (AvgIpc) is 3.54. The van der Waals surface area contributed by atoms with E-state index in [4.69, 9.17) is 9.84 Å². The Hall–Kier alpha value is -2.70. The number of para-hydroxylation sites is 1. The molecule has 3 heterocycles. The number of piperidine rings is 1. The number of rotatable bonds is 6. The second-order valence-corrected chi connectivity index (χ2v) is 9.64. The van der Waals surface area contributed by atoms with Gasteiger partial charge in [0.15, 0.2) is 5.69 Å². The Balaban J connectivity index is 1.18. The molecular formula is C26H30N4O2. The zero-order valence-electron chi connectivity index (χ0n) is 18.3. The summed E-state index contributed by atoms with van der Waals surface area (Å²) in [5, 5.41) is 9.03. The molecule has 1 aliphatic carbocycles. The van der Waals surface area contributed by atoms with Crippen LogP contribution in [0.2, 0.25) is 0 Å². The van der Waals surface area contributed by atoms with E-state index in [9.17, 15) is 4.79 Å². The molecule has 3 fully saturated rings. The number of aromatic nitrogens is 2.